The van der Waals surface area contributed by atoms with Crippen LogP contribution in [0.5, 0.6) is 5.75 Å². The third-order valence-electron chi connectivity index (χ3n) is 4.43. The van der Waals surface area contributed by atoms with Crippen LogP contribution in [0.2, 0.25) is 5.02 Å². The van der Waals surface area contributed by atoms with Crippen molar-refractivity contribution in [3.8, 4) is 5.75 Å². The third kappa shape index (κ3) is 2.61. The van der Waals surface area contributed by atoms with Crippen molar-refractivity contribution in [2.75, 3.05) is 13.2 Å². The molecule has 1 fully saturated rings. The van der Waals surface area contributed by atoms with Crippen molar-refractivity contribution in [2.45, 2.75) is 39.2 Å². The highest BCUT2D eigenvalue weighted by Gasteiger charge is 2.35. The van der Waals surface area contributed by atoms with Gasteiger partial charge in [0.05, 0.1) is 6.61 Å². The van der Waals surface area contributed by atoms with Crippen molar-refractivity contribution in [1.82, 2.24) is 5.32 Å². The predicted molar refractivity (Wildman–Crippen MR) is 79.0 cm³/mol. The van der Waals surface area contributed by atoms with Gasteiger partial charge < -0.3 is 10.1 Å². The maximum Gasteiger partial charge on any atom is 0.127 e. The van der Waals surface area contributed by atoms with Gasteiger partial charge in [-0.1, -0.05) is 25.4 Å². The number of hydrogen-bond donors (Lipinski definition) is 1. The van der Waals surface area contributed by atoms with Crippen molar-refractivity contribution in [1.29, 1.82) is 0 Å². The third-order valence-corrected chi connectivity index (χ3v) is 4.65. The fraction of sp³-hybridized carbons (Fsp3) is 0.625. The number of rotatable bonds is 5. The zero-order valence-corrected chi connectivity index (χ0v) is 12.5. The molecule has 2 unspecified atom stereocenters. The highest BCUT2D eigenvalue weighted by molar-refractivity contribution is 6.30. The maximum absolute atomic E-state index is 6.29. The van der Waals surface area contributed by atoms with E-state index in [1.807, 2.05) is 0 Å². The van der Waals surface area contributed by atoms with Crippen LogP contribution >= 0.6 is 11.6 Å². The maximum atomic E-state index is 6.29. The molecule has 1 aromatic rings. The summed E-state index contributed by atoms with van der Waals surface area (Å²) in [5.74, 6) is 2.59. The van der Waals surface area contributed by atoms with Crippen molar-refractivity contribution in [3.63, 3.8) is 0 Å². The summed E-state index contributed by atoms with van der Waals surface area (Å²) in [6.45, 7) is 6.29. The molecule has 104 valence electrons. The summed E-state index contributed by atoms with van der Waals surface area (Å²) in [4.78, 5) is 0. The minimum atomic E-state index is 0.364. The van der Waals surface area contributed by atoms with Crippen LogP contribution in [0.15, 0.2) is 12.1 Å². The Morgan fingerprint density at radius 2 is 2.21 bits per heavy atom. The van der Waals surface area contributed by atoms with Crippen molar-refractivity contribution < 1.29 is 4.74 Å². The second-order valence-corrected chi connectivity index (χ2v) is 6.25. The van der Waals surface area contributed by atoms with E-state index in [1.54, 1.807) is 0 Å². The van der Waals surface area contributed by atoms with E-state index in [-0.39, 0.29) is 0 Å². The number of fused-ring (bicyclic) bond motifs is 1. The Morgan fingerprint density at radius 3 is 2.89 bits per heavy atom. The average molecular weight is 280 g/mol. The van der Waals surface area contributed by atoms with Crippen LogP contribution in [0.1, 0.15) is 43.9 Å². The molecule has 0 saturated heterocycles. The Kier molecular flexibility index (Phi) is 3.72. The topological polar surface area (TPSA) is 21.3 Å². The molecule has 0 bridgehead atoms. The normalized spacial score (nSPS) is 20.8. The van der Waals surface area contributed by atoms with E-state index in [9.17, 15) is 0 Å². The van der Waals surface area contributed by atoms with Crippen LogP contribution < -0.4 is 10.1 Å². The van der Waals surface area contributed by atoms with Gasteiger partial charge in [-0.25, -0.2) is 0 Å². The lowest BCUT2D eigenvalue weighted by Gasteiger charge is -2.27. The van der Waals surface area contributed by atoms with E-state index in [1.165, 1.54) is 24.0 Å². The van der Waals surface area contributed by atoms with Gasteiger partial charge in [-0.05, 0) is 48.9 Å². The molecule has 1 saturated carbocycles. The Morgan fingerprint density at radius 1 is 1.42 bits per heavy atom. The van der Waals surface area contributed by atoms with Crippen LogP contribution in [0.4, 0.5) is 0 Å². The first-order valence-corrected chi connectivity index (χ1v) is 7.77. The first-order chi connectivity index (χ1) is 9.20. The van der Waals surface area contributed by atoms with Gasteiger partial charge in [-0.15, -0.1) is 0 Å². The zero-order valence-electron chi connectivity index (χ0n) is 11.7. The van der Waals surface area contributed by atoms with Gasteiger partial charge in [0.2, 0.25) is 0 Å². The molecular formula is C16H22ClNO. The lowest BCUT2D eigenvalue weighted by atomic mass is 9.89. The average Bonchev–Trinajstić information content (AvgIpc) is 3.13. The summed E-state index contributed by atoms with van der Waals surface area (Å²) >= 11 is 6.29. The molecule has 0 radical (unpaired) electrons. The molecule has 2 aliphatic rings. The minimum absolute atomic E-state index is 0.364. The second kappa shape index (κ2) is 5.34. The Balaban J connectivity index is 1.97. The van der Waals surface area contributed by atoms with Crippen LogP contribution in [-0.4, -0.2) is 13.2 Å². The summed E-state index contributed by atoms with van der Waals surface area (Å²) < 4.78 is 5.86. The van der Waals surface area contributed by atoms with E-state index in [2.05, 4.69) is 31.3 Å². The smallest absolute Gasteiger partial charge is 0.127 e. The Hall–Kier alpha value is -0.730. The molecule has 1 aliphatic carbocycles. The first-order valence-electron chi connectivity index (χ1n) is 7.39. The first kappa shape index (κ1) is 13.3. The molecule has 1 aliphatic heterocycles. The fourth-order valence-electron chi connectivity index (χ4n) is 3.22. The summed E-state index contributed by atoms with van der Waals surface area (Å²) in [6.07, 6.45) is 3.72. The number of ether oxygens (including phenoxy) is 1. The van der Waals surface area contributed by atoms with Crippen molar-refractivity contribution in [3.05, 3.63) is 28.3 Å². The van der Waals surface area contributed by atoms with E-state index in [4.69, 9.17) is 16.3 Å². The molecule has 0 aromatic heterocycles. The van der Waals surface area contributed by atoms with E-state index >= 15 is 0 Å². The van der Waals surface area contributed by atoms with E-state index in [0.29, 0.717) is 12.0 Å². The lowest BCUT2D eigenvalue weighted by Crippen LogP contribution is -2.28. The Labute approximate surface area is 120 Å². The largest absolute Gasteiger partial charge is 0.493 e. The van der Waals surface area contributed by atoms with Gasteiger partial charge in [0, 0.05) is 23.0 Å². The molecule has 1 aromatic carbocycles. The number of nitrogens with one attached hydrogen (secondary N) is 1. The van der Waals surface area contributed by atoms with Gasteiger partial charge >= 0.3 is 0 Å². The molecule has 1 N–H and O–H groups in total. The quantitative estimate of drug-likeness (QED) is 0.880. The molecule has 3 heteroatoms. The highest BCUT2D eigenvalue weighted by atomic mass is 35.5. The Bertz CT molecular complexity index is 470. The monoisotopic (exact) mass is 279 g/mol. The minimum Gasteiger partial charge on any atom is -0.493 e. The molecule has 2 atom stereocenters. The molecular weight excluding hydrogens is 258 g/mol. The van der Waals surface area contributed by atoms with Gasteiger partial charge in [0.15, 0.2) is 0 Å². The number of hydrogen-bond acceptors (Lipinski definition) is 2. The number of benzene rings is 1. The highest BCUT2D eigenvalue weighted by Crippen LogP contribution is 2.46. The van der Waals surface area contributed by atoms with Gasteiger partial charge in [-0.2, -0.15) is 0 Å². The SMILES string of the molecule is CCNC(c1cc(Cl)cc2c1OCC2)C(C)C1CC1. The molecule has 19 heavy (non-hydrogen) atoms. The van der Waals surface area contributed by atoms with E-state index < -0.39 is 0 Å². The fourth-order valence-corrected chi connectivity index (χ4v) is 3.47. The van der Waals surface area contributed by atoms with Crippen molar-refractivity contribution in [2.24, 2.45) is 11.8 Å². The predicted octanol–water partition coefficient (Wildman–Crippen LogP) is 3.97. The summed E-state index contributed by atoms with van der Waals surface area (Å²) in [7, 11) is 0. The van der Waals surface area contributed by atoms with Gasteiger partial charge in [-0.3, -0.25) is 0 Å². The molecule has 1 heterocycles. The second-order valence-electron chi connectivity index (χ2n) is 5.81. The molecule has 2 nitrogen and oxygen atoms in total. The van der Waals surface area contributed by atoms with E-state index in [0.717, 1.165) is 36.3 Å². The van der Waals surface area contributed by atoms with Gasteiger partial charge in [0.1, 0.15) is 5.75 Å². The summed E-state index contributed by atoms with van der Waals surface area (Å²) in [6, 6.07) is 4.51. The molecule has 0 spiro atoms. The van der Waals surface area contributed by atoms with Crippen LogP contribution in [-0.2, 0) is 6.42 Å². The summed E-state index contributed by atoms with van der Waals surface area (Å²) in [5, 5.41) is 4.48. The van der Waals surface area contributed by atoms with Crippen LogP contribution in [0.3, 0.4) is 0 Å². The molecule has 3 rings (SSSR count). The molecule has 0 amide bonds. The standard InChI is InChI=1S/C16H22ClNO/c1-3-18-15(10(2)11-4-5-11)14-9-13(17)8-12-6-7-19-16(12)14/h8-11,15,18H,3-7H2,1-2H3. The number of halogens is 1. The van der Waals surface area contributed by atoms with Crippen molar-refractivity contribution >= 4 is 11.6 Å². The zero-order chi connectivity index (χ0) is 13.4. The lowest BCUT2D eigenvalue weighted by molar-refractivity contribution is 0.321. The van der Waals surface area contributed by atoms with Crippen LogP contribution in [0.25, 0.3) is 0 Å². The van der Waals surface area contributed by atoms with Crippen LogP contribution in [0, 0.1) is 11.8 Å². The van der Waals surface area contributed by atoms with Gasteiger partial charge in [0.25, 0.3) is 0 Å². The summed E-state index contributed by atoms with van der Waals surface area (Å²) in [5.41, 5.74) is 2.54.